The van der Waals surface area contributed by atoms with E-state index in [1.165, 1.54) is 23.5 Å². The van der Waals surface area contributed by atoms with Crippen molar-refractivity contribution in [3.8, 4) is 5.75 Å². The van der Waals surface area contributed by atoms with Crippen molar-refractivity contribution in [3.05, 3.63) is 29.8 Å². The monoisotopic (exact) mass is 770 g/mol. The molecule has 12 atom stereocenters. The number of hydrogen-bond acceptors (Lipinski definition) is 14. The average molecular weight is 771 g/mol. The number of aliphatic imine (C=N–C) groups is 2. The number of ether oxygens (including phenoxy) is 5. The number of nitrogens with one attached hydrogen (secondary N) is 1. The zero-order valence-corrected chi connectivity index (χ0v) is 33.3. The predicted molar refractivity (Wildman–Crippen MR) is 203 cm³/mol. The van der Waals surface area contributed by atoms with Crippen molar-refractivity contribution in [2.45, 2.75) is 146 Å². The van der Waals surface area contributed by atoms with Crippen LogP contribution in [0.1, 0.15) is 73.8 Å². The van der Waals surface area contributed by atoms with Crippen LogP contribution in [-0.2, 0) is 25.6 Å². The lowest BCUT2D eigenvalue weighted by molar-refractivity contribution is -0.184. The van der Waals surface area contributed by atoms with Crippen LogP contribution < -0.4 is 10.1 Å². The van der Waals surface area contributed by atoms with Crippen LogP contribution in [0.5, 0.6) is 5.75 Å². The summed E-state index contributed by atoms with van der Waals surface area (Å²) in [5.41, 5.74) is -0.264. The largest absolute Gasteiger partial charge is 0.497 e. The summed E-state index contributed by atoms with van der Waals surface area (Å²) in [5, 5.41) is 44.2. The second-order valence-electron chi connectivity index (χ2n) is 14.5. The second kappa shape index (κ2) is 18.9. The average Bonchev–Trinajstić information content (AvgIpc) is 3.71. The topological polar surface area (TPSA) is 184 Å². The van der Waals surface area contributed by atoms with Gasteiger partial charge in [-0.05, 0) is 65.2 Å². The maximum absolute atomic E-state index is 12.9. The van der Waals surface area contributed by atoms with Crippen molar-refractivity contribution in [3.63, 3.8) is 0 Å². The number of methoxy groups -OCH3 is 1. The van der Waals surface area contributed by atoms with Gasteiger partial charge < -0.3 is 49.4 Å². The fraction of sp³-hybridized carbons (Fsp3) is 0.750. The van der Waals surface area contributed by atoms with E-state index in [-0.39, 0.29) is 35.0 Å². The van der Waals surface area contributed by atoms with E-state index >= 15 is 0 Å². The first kappa shape index (κ1) is 42.6. The van der Waals surface area contributed by atoms with Gasteiger partial charge in [0.2, 0.25) is 0 Å². The normalized spacial score (nSPS) is 33.1. The van der Waals surface area contributed by atoms with E-state index in [0.717, 1.165) is 29.3 Å². The number of nitrogens with zero attached hydrogens (tertiary/aromatic N) is 3. The highest BCUT2D eigenvalue weighted by molar-refractivity contribution is 8.14. The molecule has 52 heavy (non-hydrogen) atoms. The lowest BCUT2D eigenvalue weighted by Crippen LogP contribution is -2.61. The van der Waals surface area contributed by atoms with Gasteiger partial charge in [0.25, 0.3) is 0 Å². The summed E-state index contributed by atoms with van der Waals surface area (Å²) in [5.74, 6) is 0.696. The van der Waals surface area contributed by atoms with Crippen LogP contribution in [0.4, 0.5) is 4.79 Å². The van der Waals surface area contributed by atoms with E-state index in [2.05, 4.69) is 10.3 Å². The lowest BCUT2D eigenvalue weighted by Gasteiger charge is -2.42. The van der Waals surface area contributed by atoms with Gasteiger partial charge in [0.05, 0.1) is 44.2 Å². The van der Waals surface area contributed by atoms with Gasteiger partial charge in [0, 0.05) is 19.0 Å². The predicted octanol–water partition coefficient (Wildman–Crippen LogP) is 3.73. The van der Waals surface area contributed by atoms with Gasteiger partial charge in [-0.15, -0.1) is 0 Å². The summed E-state index contributed by atoms with van der Waals surface area (Å²) in [6.45, 7) is 16.5. The van der Waals surface area contributed by atoms with Gasteiger partial charge in [0.15, 0.2) is 10.3 Å². The van der Waals surface area contributed by atoms with Crippen LogP contribution in [0.15, 0.2) is 34.3 Å². The molecule has 14 nitrogen and oxygen atoms in total. The number of thioether (sulfide) groups is 2. The molecule has 0 aromatic heterocycles. The molecule has 1 aromatic carbocycles. The Bertz CT molecular complexity index is 1360. The minimum absolute atomic E-state index is 0.0932. The summed E-state index contributed by atoms with van der Waals surface area (Å²) in [7, 11) is 1.64. The highest BCUT2D eigenvalue weighted by atomic mass is 32.2. The fourth-order valence-electron chi connectivity index (χ4n) is 6.29. The Labute approximate surface area is 316 Å². The second-order valence-corrected chi connectivity index (χ2v) is 16.7. The van der Waals surface area contributed by atoms with Gasteiger partial charge in [-0.1, -0.05) is 56.4 Å². The van der Waals surface area contributed by atoms with E-state index in [4.69, 9.17) is 28.7 Å². The van der Waals surface area contributed by atoms with Crippen molar-refractivity contribution in [1.29, 1.82) is 0 Å². The fourth-order valence-corrected chi connectivity index (χ4v) is 8.66. The molecule has 3 saturated heterocycles. The van der Waals surface area contributed by atoms with Crippen LogP contribution in [0.3, 0.4) is 0 Å². The minimum atomic E-state index is -1.09. The third-order valence-corrected chi connectivity index (χ3v) is 11.2. The molecule has 0 bridgehead atoms. The van der Waals surface area contributed by atoms with Crippen LogP contribution in [0, 0.1) is 5.92 Å². The van der Waals surface area contributed by atoms with Gasteiger partial charge in [-0.3, -0.25) is 14.9 Å². The Balaban J connectivity index is 0.000000281. The first-order chi connectivity index (χ1) is 24.6. The number of fused-ring (bicyclic) bond motifs is 2. The highest BCUT2D eigenvalue weighted by Gasteiger charge is 2.51. The molecule has 1 amide bonds. The molecule has 16 heteroatoms. The molecule has 4 heterocycles. The third kappa shape index (κ3) is 10.7. The van der Waals surface area contributed by atoms with Crippen LogP contribution in [0.2, 0.25) is 0 Å². The molecule has 4 aliphatic rings. The molecule has 5 N–H and O–H groups in total. The van der Waals surface area contributed by atoms with E-state index in [0.29, 0.717) is 24.9 Å². The van der Waals surface area contributed by atoms with Gasteiger partial charge in [0.1, 0.15) is 46.6 Å². The summed E-state index contributed by atoms with van der Waals surface area (Å²) < 4.78 is 29.1. The molecule has 0 aliphatic carbocycles. The number of hydrogen-bond donors (Lipinski definition) is 5. The Morgan fingerprint density at radius 2 is 1.67 bits per heavy atom. The number of benzene rings is 1. The van der Waals surface area contributed by atoms with Gasteiger partial charge >= 0.3 is 6.09 Å². The molecule has 0 saturated carbocycles. The Morgan fingerprint density at radius 3 is 2.25 bits per heavy atom. The summed E-state index contributed by atoms with van der Waals surface area (Å²) in [6.07, 6.45) is -3.70. The standard InChI is InChI=1S/C25H38N2O6S.C11H20N2O4S/c1-8-13-27(24(29)33-25(4,5)6)23-26-19-21(15(2)20(16(3)28)32-22(19)34-23)31-14-17-9-11-18(30-7)12-10-17;1-3-4-12-11-13-6-7(15)8(16)9(5(2)14)17-10(6)18-11/h9-12,15-16,19-22,28H,8,13-14H2,1-7H3;5-10,14-16H,3-4H2,1-2H3,(H,12,13)/t15-,16?,19-,20+,21+,22-;5-,6+,7+,8-,9+,10+/m10/s1. The summed E-state index contributed by atoms with van der Waals surface area (Å²) in [6, 6.07) is 7.06. The molecule has 1 aromatic rings. The van der Waals surface area contributed by atoms with Crippen molar-refractivity contribution < 1.29 is 48.9 Å². The van der Waals surface area contributed by atoms with E-state index in [9.17, 15) is 25.2 Å². The number of carbonyl (C=O) groups is 1. The SMILES string of the molecule is CCCN(C(=O)OC(C)(C)C)C1=N[C@@H]2[C@@H](OCc3ccc(OC)cc3)[C@H](C)[C@@H](C(C)O)O[C@@H]2S1.CCCN=C1N[C@@H]2[C@@H](O)[C@H](O)[C@@H]([C@H](C)O)O[C@@H]2S1. The van der Waals surface area contributed by atoms with Crippen molar-refractivity contribution >= 4 is 40.0 Å². The quantitative estimate of drug-likeness (QED) is 0.232. The molecule has 294 valence electrons. The van der Waals surface area contributed by atoms with Crippen molar-refractivity contribution in [2.75, 3.05) is 20.2 Å². The van der Waals surface area contributed by atoms with Crippen LogP contribution in [-0.4, -0.2) is 133 Å². The van der Waals surface area contributed by atoms with Gasteiger partial charge in [-0.25, -0.2) is 4.79 Å². The maximum atomic E-state index is 12.9. The number of aliphatic hydroxyl groups is 4. The third-order valence-electron chi connectivity index (χ3n) is 8.90. The molecule has 0 radical (unpaired) electrons. The highest BCUT2D eigenvalue weighted by Crippen LogP contribution is 2.42. The first-order valence-electron chi connectivity index (χ1n) is 18.1. The van der Waals surface area contributed by atoms with E-state index < -0.39 is 48.3 Å². The maximum Gasteiger partial charge on any atom is 0.416 e. The molecule has 4 aliphatic heterocycles. The van der Waals surface area contributed by atoms with Crippen molar-refractivity contribution in [1.82, 2.24) is 10.2 Å². The van der Waals surface area contributed by atoms with Crippen molar-refractivity contribution in [2.24, 2.45) is 15.9 Å². The molecule has 3 fully saturated rings. The number of amidine groups is 2. The van der Waals surface area contributed by atoms with E-state index in [1.807, 2.05) is 65.8 Å². The molecular formula is C36H58N4O10S2. The van der Waals surface area contributed by atoms with Crippen LogP contribution >= 0.6 is 23.5 Å². The minimum Gasteiger partial charge on any atom is -0.497 e. The van der Waals surface area contributed by atoms with Crippen LogP contribution in [0.25, 0.3) is 0 Å². The smallest absolute Gasteiger partial charge is 0.416 e. The number of rotatable bonds is 10. The first-order valence-corrected chi connectivity index (χ1v) is 19.8. The Morgan fingerprint density at radius 1 is 1.02 bits per heavy atom. The molecule has 5 rings (SSSR count). The zero-order chi connectivity index (χ0) is 38.3. The van der Waals surface area contributed by atoms with Gasteiger partial charge in [-0.2, -0.15) is 0 Å². The molecule has 1 unspecified atom stereocenters. The number of amides is 1. The lowest BCUT2D eigenvalue weighted by atomic mass is 9.87. The zero-order valence-electron chi connectivity index (χ0n) is 31.7. The molecule has 0 spiro atoms. The Hall–Kier alpha value is -2.15. The number of aliphatic hydroxyl groups excluding tert-OH is 4. The van der Waals surface area contributed by atoms with E-state index in [1.54, 1.807) is 25.9 Å². The summed E-state index contributed by atoms with van der Waals surface area (Å²) in [4.78, 5) is 23.7. The summed E-state index contributed by atoms with van der Waals surface area (Å²) >= 11 is 2.79. The Kier molecular flexibility index (Phi) is 15.5. The number of carbonyl (C=O) groups excluding carboxylic acids is 1. The molecular weight excluding hydrogens is 713 g/mol.